The molecule has 0 saturated heterocycles. The minimum absolute atomic E-state index is 0.148. The molecule has 2 aromatic rings. The number of rotatable bonds is 10. The third-order valence-electron chi connectivity index (χ3n) is 6.37. The Balaban J connectivity index is 1.38. The maximum Gasteiger partial charge on any atom is 0.242 e. The van der Waals surface area contributed by atoms with Crippen molar-refractivity contribution in [3.05, 3.63) is 65.2 Å². The van der Waals surface area contributed by atoms with Crippen LogP contribution in [0.1, 0.15) is 29.5 Å². The molecule has 0 unspecified atom stereocenters. The molecular formula is C26H36N4O. The number of hydrogen-bond acceptors (Lipinski definition) is 4. The van der Waals surface area contributed by atoms with Crippen molar-refractivity contribution in [2.75, 3.05) is 52.1 Å². The predicted octanol–water partition coefficient (Wildman–Crippen LogP) is 3.46. The van der Waals surface area contributed by atoms with E-state index < -0.39 is 0 Å². The second-order valence-corrected chi connectivity index (χ2v) is 9.33. The molecule has 1 aliphatic heterocycles. The topological polar surface area (TPSA) is 38.8 Å². The van der Waals surface area contributed by atoms with E-state index >= 15 is 0 Å². The number of amides is 1. The van der Waals surface area contributed by atoms with Crippen LogP contribution in [0.4, 0.5) is 5.69 Å². The summed E-state index contributed by atoms with van der Waals surface area (Å²) in [6.45, 7) is 5.98. The minimum atomic E-state index is 0.148. The normalized spacial score (nSPS) is 16.2. The van der Waals surface area contributed by atoms with Gasteiger partial charge in [-0.3, -0.25) is 9.69 Å². The Bertz CT molecular complexity index is 863. The van der Waals surface area contributed by atoms with Gasteiger partial charge in [-0.15, -0.1) is 0 Å². The molecule has 0 radical (unpaired) electrons. The summed E-state index contributed by atoms with van der Waals surface area (Å²) in [6.07, 6.45) is 3.87. The van der Waals surface area contributed by atoms with Crippen LogP contribution >= 0.6 is 0 Å². The van der Waals surface area contributed by atoms with Crippen LogP contribution in [0.25, 0.3) is 0 Å². The number of likely N-dealkylation sites (N-methyl/N-ethyl adjacent to an activating group) is 1. The molecule has 0 spiro atoms. The van der Waals surface area contributed by atoms with E-state index in [1.165, 1.54) is 36.1 Å². The molecule has 5 heteroatoms. The van der Waals surface area contributed by atoms with Gasteiger partial charge in [0.2, 0.25) is 5.91 Å². The van der Waals surface area contributed by atoms with Gasteiger partial charge in [0.15, 0.2) is 0 Å². The Hall–Kier alpha value is -2.37. The molecule has 1 saturated carbocycles. The Morgan fingerprint density at radius 1 is 1.06 bits per heavy atom. The highest BCUT2D eigenvalue weighted by atomic mass is 16.2. The molecule has 0 bridgehead atoms. The zero-order valence-electron chi connectivity index (χ0n) is 19.0. The highest BCUT2D eigenvalue weighted by Crippen LogP contribution is 2.32. The van der Waals surface area contributed by atoms with E-state index in [1.54, 1.807) is 0 Å². The van der Waals surface area contributed by atoms with E-state index in [1.807, 2.05) is 37.2 Å². The first kappa shape index (κ1) is 21.8. The van der Waals surface area contributed by atoms with Crippen LogP contribution in [0.5, 0.6) is 0 Å². The standard InChI is InChI=1S/C26H36N4O/c1-28(2)15-16-30(19-21-7-4-3-5-8-21)26(31)17-27-25-10-6-9-23-20-29(14-13-24(23)25)18-22-11-12-22/h3-10,22,27H,11-20H2,1-2H3. The molecular weight excluding hydrogens is 384 g/mol. The van der Waals surface area contributed by atoms with Crippen LogP contribution < -0.4 is 5.32 Å². The molecule has 166 valence electrons. The van der Waals surface area contributed by atoms with Crippen molar-refractivity contribution in [1.82, 2.24) is 14.7 Å². The molecule has 0 aromatic heterocycles. The van der Waals surface area contributed by atoms with Crippen LogP contribution in [-0.4, -0.2) is 67.4 Å². The second kappa shape index (κ2) is 10.3. The van der Waals surface area contributed by atoms with Crippen molar-refractivity contribution < 1.29 is 4.79 Å². The third kappa shape index (κ3) is 6.31. The zero-order chi connectivity index (χ0) is 21.6. The molecule has 0 atom stereocenters. The molecule has 2 aliphatic rings. The average molecular weight is 421 g/mol. The van der Waals surface area contributed by atoms with Crippen LogP contribution in [0, 0.1) is 5.92 Å². The number of anilines is 1. The van der Waals surface area contributed by atoms with E-state index in [-0.39, 0.29) is 5.91 Å². The van der Waals surface area contributed by atoms with Crippen LogP contribution in [0.2, 0.25) is 0 Å². The Morgan fingerprint density at radius 2 is 1.87 bits per heavy atom. The first-order valence-corrected chi connectivity index (χ1v) is 11.6. The fraction of sp³-hybridized carbons (Fsp3) is 0.500. The molecule has 1 aliphatic carbocycles. The highest BCUT2D eigenvalue weighted by molar-refractivity contribution is 5.81. The quantitative estimate of drug-likeness (QED) is 0.639. The van der Waals surface area contributed by atoms with Crippen molar-refractivity contribution in [1.29, 1.82) is 0 Å². The lowest BCUT2D eigenvalue weighted by Gasteiger charge is -2.30. The zero-order valence-corrected chi connectivity index (χ0v) is 19.0. The molecule has 1 heterocycles. The fourth-order valence-corrected chi connectivity index (χ4v) is 4.35. The van der Waals surface area contributed by atoms with Gasteiger partial charge in [0.1, 0.15) is 0 Å². The van der Waals surface area contributed by atoms with Gasteiger partial charge in [0.05, 0.1) is 6.54 Å². The van der Waals surface area contributed by atoms with E-state index in [9.17, 15) is 4.79 Å². The third-order valence-corrected chi connectivity index (χ3v) is 6.37. The SMILES string of the molecule is CN(C)CCN(Cc1ccccc1)C(=O)CNc1cccc2c1CCN(CC1CC1)C2. The Morgan fingerprint density at radius 3 is 2.61 bits per heavy atom. The minimum Gasteiger partial charge on any atom is -0.376 e. The van der Waals surface area contributed by atoms with E-state index in [2.05, 4.69) is 45.4 Å². The largest absolute Gasteiger partial charge is 0.376 e. The van der Waals surface area contributed by atoms with Gasteiger partial charge in [-0.05, 0) is 62.0 Å². The molecule has 1 amide bonds. The van der Waals surface area contributed by atoms with E-state index in [0.717, 1.165) is 44.2 Å². The van der Waals surface area contributed by atoms with Crippen molar-refractivity contribution in [3.63, 3.8) is 0 Å². The van der Waals surface area contributed by atoms with Gasteiger partial charge in [0.25, 0.3) is 0 Å². The molecule has 31 heavy (non-hydrogen) atoms. The van der Waals surface area contributed by atoms with Gasteiger partial charge in [-0.1, -0.05) is 42.5 Å². The van der Waals surface area contributed by atoms with Gasteiger partial charge in [-0.25, -0.2) is 0 Å². The summed E-state index contributed by atoms with van der Waals surface area (Å²) < 4.78 is 0. The Labute approximate surface area is 187 Å². The lowest BCUT2D eigenvalue weighted by atomic mass is 9.97. The van der Waals surface area contributed by atoms with Gasteiger partial charge < -0.3 is 15.1 Å². The van der Waals surface area contributed by atoms with Crippen LogP contribution in [0.3, 0.4) is 0 Å². The van der Waals surface area contributed by atoms with Crippen LogP contribution in [0.15, 0.2) is 48.5 Å². The molecule has 2 aromatic carbocycles. The number of carbonyl (C=O) groups excluding carboxylic acids is 1. The molecule has 1 fully saturated rings. The number of carbonyl (C=O) groups is 1. The monoisotopic (exact) mass is 420 g/mol. The van der Waals surface area contributed by atoms with Gasteiger partial charge in [0, 0.05) is 45.0 Å². The number of nitrogens with zero attached hydrogens (tertiary/aromatic N) is 3. The van der Waals surface area contributed by atoms with Gasteiger partial charge in [-0.2, -0.15) is 0 Å². The first-order chi connectivity index (χ1) is 15.1. The molecule has 4 rings (SSSR count). The van der Waals surface area contributed by atoms with E-state index in [4.69, 9.17) is 0 Å². The smallest absolute Gasteiger partial charge is 0.242 e. The van der Waals surface area contributed by atoms with Crippen molar-refractivity contribution in [3.8, 4) is 0 Å². The maximum absolute atomic E-state index is 13.1. The number of benzene rings is 2. The summed E-state index contributed by atoms with van der Waals surface area (Å²) in [5, 5.41) is 3.47. The van der Waals surface area contributed by atoms with E-state index in [0.29, 0.717) is 13.1 Å². The fourth-order valence-electron chi connectivity index (χ4n) is 4.35. The molecule has 5 nitrogen and oxygen atoms in total. The summed E-state index contributed by atoms with van der Waals surface area (Å²) in [7, 11) is 4.10. The van der Waals surface area contributed by atoms with Crippen molar-refractivity contribution >= 4 is 11.6 Å². The summed E-state index contributed by atoms with van der Waals surface area (Å²) >= 11 is 0. The lowest BCUT2D eigenvalue weighted by molar-refractivity contribution is -0.130. The summed E-state index contributed by atoms with van der Waals surface area (Å²) in [5.74, 6) is 1.08. The first-order valence-electron chi connectivity index (χ1n) is 11.6. The highest BCUT2D eigenvalue weighted by Gasteiger charge is 2.27. The predicted molar refractivity (Wildman–Crippen MR) is 127 cm³/mol. The van der Waals surface area contributed by atoms with Crippen LogP contribution in [-0.2, 0) is 24.3 Å². The summed E-state index contributed by atoms with van der Waals surface area (Å²) in [6, 6.07) is 16.8. The van der Waals surface area contributed by atoms with Gasteiger partial charge >= 0.3 is 0 Å². The molecule has 1 N–H and O–H groups in total. The number of fused-ring (bicyclic) bond motifs is 1. The average Bonchev–Trinajstić information content (AvgIpc) is 3.59. The summed E-state index contributed by atoms with van der Waals surface area (Å²) in [5.41, 5.74) is 5.11. The maximum atomic E-state index is 13.1. The summed E-state index contributed by atoms with van der Waals surface area (Å²) in [4.78, 5) is 19.8. The Kier molecular flexibility index (Phi) is 7.25. The number of hydrogen-bond donors (Lipinski definition) is 1. The second-order valence-electron chi connectivity index (χ2n) is 9.33. The number of nitrogens with one attached hydrogen (secondary N) is 1. The van der Waals surface area contributed by atoms with Crippen molar-refractivity contribution in [2.45, 2.75) is 32.4 Å². The van der Waals surface area contributed by atoms with Crippen molar-refractivity contribution in [2.24, 2.45) is 5.92 Å². The lowest BCUT2D eigenvalue weighted by Crippen LogP contribution is -2.39.